The molecular weight excluding hydrogens is 378 g/mol. The van der Waals surface area contributed by atoms with Gasteiger partial charge in [-0.1, -0.05) is 49.2 Å². The SMILES string of the molecule is CCCCN1C(=O)c2[nH]nc(-c3ccc(C)cc3)c2C1c1ccc(O)c(OCC)c1. The van der Waals surface area contributed by atoms with Crippen LogP contribution in [-0.4, -0.2) is 39.3 Å². The summed E-state index contributed by atoms with van der Waals surface area (Å²) in [5, 5.41) is 17.6. The van der Waals surface area contributed by atoms with E-state index >= 15 is 0 Å². The summed E-state index contributed by atoms with van der Waals surface area (Å²) in [5.74, 6) is 0.475. The summed E-state index contributed by atoms with van der Waals surface area (Å²) in [6.07, 6.45) is 1.91. The van der Waals surface area contributed by atoms with Gasteiger partial charge in [0, 0.05) is 17.7 Å². The van der Waals surface area contributed by atoms with Crippen molar-refractivity contribution in [2.24, 2.45) is 0 Å². The fourth-order valence-corrected chi connectivity index (χ4v) is 4.01. The van der Waals surface area contributed by atoms with Gasteiger partial charge in [0.05, 0.1) is 18.3 Å². The third-order valence-electron chi connectivity index (χ3n) is 5.54. The predicted molar refractivity (Wildman–Crippen MR) is 116 cm³/mol. The topological polar surface area (TPSA) is 78.5 Å². The zero-order valence-corrected chi connectivity index (χ0v) is 17.6. The molecule has 0 fully saturated rings. The van der Waals surface area contributed by atoms with Crippen molar-refractivity contribution in [1.29, 1.82) is 0 Å². The van der Waals surface area contributed by atoms with Gasteiger partial charge in [0.2, 0.25) is 0 Å². The molecule has 1 amide bonds. The minimum atomic E-state index is -0.283. The van der Waals surface area contributed by atoms with E-state index in [4.69, 9.17) is 4.74 Å². The van der Waals surface area contributed by atoms with E-state index in [0.717, 1.165) is 35.2 Å². The number of phenols is 1. The Morgan fingerprint density at radius 3 is 2.63 bits per heavy atom. The number of ether oxygens (including phenoxy) is 1. The van der Waals surface area contributed by atoms with Crippen LogP contribution in [0.4, 0.5) is 0 Å². The zero-order valence-electron chi connectivity index (χ0n) is 17.6. The lowest BCUT2D eigenvalue weighted by molar-refractivity contribution is 0.0741. The Morgan fingerprint density at radius 1 is 1.17 bits per heavy atom. The van der Waals surface area contributed by atoms with E-state index in [1.54, 1.807) is 6.07 Å². The van der Waals surface area contributed by atoms with E-state index < -0.39 is 0 Å². The number of benzene rings is 2. The van der Waals surface area contributed by atoms with E-state index in [9.17, 15) is 9.90 Å². The molecule has 1 atom stereocenters. The van der Waals surface area contributed by atoms with Crippen LogP contribution in [0, 0.1) is 6.92 Å². The monoisotopic (exact) mass is 405 g/mol. The van der Waals surface area contributed by atoms with Crippen LogP contribution in [0.2, 0.25) is 0 Å². The minimum absolute atomic E-state index is 0.0413. The Labute approximate surface area is 176 Å². The van der Waals surface area contributed by atoms with Crippen LogP contribution in [0.1, 0.15) is 59.9 Å². The average Bonchev–Trinajstić information content (AvgIpc) is 3.28. The van der Waals surface area contributed by atoms with Crippen LogP contribution in [0.5, 0.6) is 11.5 Å². The Hall–Kier alpha value is -3.28. The lowest BCUT2D eigenvalue weighted by Crippen LogP contribution is -2.30. The number of carbonyl (C=O) groups excluding carboxylic acids is 1. The van der Waals surface area contributed by atoms with Crippen molar-refractivity contribution in [2.45, 2.75) is 39.7 Å². The molecule has 1 aromatic heterocycles. The predicted octanol–water partition coefficient (Wildman–Crippen LogP) is 4.83. The summed E-state index contributed by atoms with van der Waals surface area (Å²) in [5.41, 5.74) is 5.24. The van der Waals surface area contributed by atoms with Crippen LogP contribution < -0.4 is 4.74 Å². The molecule has 2 aromatic carbocycles. The largest absolute Gasteiger partial charge is 0.504 e. The lowest BCUT2D eigenvalue weighted by atomic mass is 9.95. The number of aromatic nitrogens is 2. The first-order valence-corrected chi connectivity index (χ1v) is 10.5. The standard InChI is InChI=1S/C24H27N3O3/c1-4-6-13-27-23(17-11-12-18(28)19(14-17)30-5-2)20-21(25-26-22(20)24(27)29)16-9-7-15(3)8-10-16/h7-12,14,23,28H,4-6,13H2,1-3H3,(H,25,26). The van der Waals surface area contributed by atoms with Crippen molar-refractivity contribution >= 4 is 5.91 Å². The fourth-order valence-electron chi connectivity index (χ4n) is 4.01. The van der Waals surface area contributed by atoms with Crippen molar-refractivity contribution in [3.05, 3.63) is 64.8 Å². The number of aromatic hydroxyl groups is 1. The summed E-state index contributed by atoms with van der Waals surface area (Å²) in [6.45, 7) is 7.14. The van der Waals surface area contributed by atoms with Gasteiger partial charge in [-0.05, 0) is 38.0 Å². The molecule has 0 radical (unpaired) electrons. The number of amides is 1. The third kappa shape index (κ3) is 3.43. The first-order chi connectivity index (χ1) is 14.5. The van der Waals surface area contributed by atoms with Gasteiger partial charge in [0.15, 0.2) is 11.5 Å². The molecule has 2 heterocycles. The van der Waals surface area contributed by atoms with Gasteiger partial charge < -0.3 is 14.7 Å². The molecule has 3 aromatic rings. The van der Waals surface area contributed by atoms with Gasteiger partial charge in [-0.3, -0.25) is 9.89 Å². The van der Waals surface area contributed by atoms with Crippen LogP contribution in [-0.2, 0) is 0 Å². The van der Waals surface area contributed by atoms with Crippen molar-refractivity contribution < 1.29 is 14.6 Å². The third-order valence-corrected chi connectivity index (χ3v) is 5.54. The number of rotatable bonds is 7. The number of fused-ring (bicyclic) bond motifs is 1. The molecule has 156 valence electrons. The number of nitrogens with zero attached hydrogens (tertiary/aromatic N) is 2. The molecular formula is C24H27N3O3. The second-order valence-electron chi connectivity index (χ2n) is 7.64. The Kier molecular flexibility index (Phi) is 5.48. The quantitative estimate of drug-likeness (QED) is 0.590. The maximum atomic E-state index is 13.2. The van der Waals surface area contributed by atoms with Crippen LogP contribution >= 0.6 is 0 Å². The first kappa shape index (κ1) is 20.0. The highest BCUT2D eigenvalue weighted by molar-refractivity contribution is 6.00. The molecule has 1 aliphatic heterocycles. The maximum absolute atomic E-state index is 13.2. The van der Waals surface area contributed by atoms with Gasteiger partial charge >= 0.3 is 0 Å². The van der Waals surface area contributed by atoms with Gasteiger partial charge in [0.1, 0.15) is 5.69 Å². The average molecular weight is 405 g/mol. The van der Waals surface area contributed by atoms with Gasteiger partial charge in [-0.2, -0.15) is 5.10 Å². The summed E-state index contributed by atoms with van der Waals surface area (Å²) in [7, 11) is 0. The molecule has 0 saturated heterocycles. The molecule has 4 rings (SSSR count). The molecule has 6 nitrogen and oxygen atoms in total. The second-order valence-corrected chi connectivity index (χ2v) is 7.64. The molecule has 6 heteroatoms. The summed E-state index contributed by atoms with van der Waals surface area (Å²) >= 11 is 0. The van der Waals surface area contributed by atoms with Gasteiger partial charge in [-0.15, -0.1) is 0 Å². The van der Waals surface area contributed by atoms with Gasteiger partial charge in [0.25, 0.3) is 5.91 Å². The molecule has 0 spiro atoms. The normalized spacial score (nSPS) is 15.5. The lowest BCUT2D eigenvalue weighted by Gasteiger charge is -2.26. The molecule has 2 N–H and O–H groups in total. The van der Waals surface area contributed by atoms with E-state index in [1.165, 1.54) is 5.56 Å². The molecule has 30 heavy (non-hydrogen) atoms. The molecule has 0 saturated carbocycles. The van der Waals surface area contributed by atoms with Gasteiger partial charge in [-0.25, -0.2) is 0 Å². The van der Waals surface area contributed by atoms with Crippen molar-refractivity contribution in [2.75, 3.05) is 13.2 Å². The highest BCUT2D eigenvalue weighted by Crippen LogP contribution is 2.44. The number of phenolic OH excluding ortho intramolecular Hbond substituents is 1. The first-order valence-electron chi connectivity index (χ1n) is 10.5. The number of aryl methyl sites for hydroxylation is 1. The van der Waals surface area contributed by atoms with Crippen molar-refractivity contribution in [3.63, 3.8) is 0 Å². The number of hydrogen-bond donors (Lipinski definition) is 2. The highest BCUT2D eigenvalue weighted by Gasteiger charge is 2.42. The Balaban J connectivity index is 1.85. The van der Waals surface area contributed by atoms with Crippen LogP contribution in [0.25, 0.3) is 11.3 Å². The summed E-state index contributed by atoms with van der Waals surface area (Å²) in [6, 6.07) is 13.2. The van der Waals surface area contributed by atoms with Crippen LogP contribution in [0.15, 0.2) is 42.5 Å². The molecule has 1 unspecified atom stereocenters. The number of hydrogen-bond acceptors (Lipinski definition) is 4. The van der Waals surface area contributed by atoms with Crippen molar-refractivity contribution in [1.82, 2.24) is 15.1 Å². The van der Waals surface area contributed by atoms with Crippen LogP contribution in [0.3, 0.4) is 0 Å². The minimum Gasteiger partial charge on any atom is -0.504 e. The van der Waals surface area contributed by atoms with E-state index in [-0.39, 0.29) is 17.7 Å². The molecule has 1 aliphatic rings. The number of carbonyl (C=O) groups is 1. The molecule has 0 aliphatic carbocycles. The smallest absolute Gasteiger partial charge is 0.273 e. The number of nitrogens with one attached hydrogen (secondary N) is 1. The summed E-state index contributed by atoms with van der Waals surface area (Å²) < 4.78 is 5.60. The van der Waals surface area contributed by atoms with E-state index in [1.807, 2.05) is 55.1 Å². The van der Waals surface area contributed by atoms with Crippen molar-refractivity contribution in [3.8, 4) is 22.8 Å². The fraction of sp³-hybridized carbons (Fsp3) is 0.333. The maximum Gasteiger partial charge on any atom is 0.273 e. The molecule has 0 bridgehead atoms. The highest BCUT2D eigenvalue weighted by atomic mass is 16.5. The Morgan fingerprint density at radius 2 is 1.93 bits per heavy atom. The number of unbranched alkanes of at least 4 members (excludes halogenated alkanes) is 1. The van der Waals surface area contributed by atoms with E-state index in [0.29, 0.717) is 24.6 Å². The Bertz CT molecular complexity index is 1060. The summed E-state index contributed by atoms with van der Waals surface area (Å²) in [4.78, 5) is 15.1. The zero-order chi connectivity index (χ0) is 21.3. The second kappa shape index (κ2) is 8.22. The van der Waals surface area contributed by atoms with E-state index in [2.05, 4.69) is 17.1 Å². The number of H-pyrrole nitrogens is 1. The number of aromatic amines is 1.